The van der Waals surface area contributed by atoms with Gasteiger partial charge in [0.1, 0.15) is 11.2 Å². The van der Waals surface area contributed by atoms with Gasteiger partial charge in [0.2, 0.25) is 0 Å². The van der Waals surface area contributed by atoms with Crippen LogP contribution in [0.1, 0.15) is 30.0 Å². The fraction of sp³-hybridized carbons (Fsp3) is 0.368. The number of rotatable bonds is 4. The summed E-state index contributed by atoms with van der Waals surface area (Å²) < 4.78 is 2.95. The van der Waals surface area contributed by atoms with E-state index in [0.29, 0.717) is 5.92 Å². The van der Waals surface area contributed by atoms with Crippen molar-refractivity contribution in [2.45, 2.75) is 24.3 Å². The van der Waals surface area contributed by atoms with Gasteiger partial charge in [0, 0.05) is 41.7 Å². The molecule has 1 saturated carbocycles. The quantitative estimate of drug-likeness (QED) is 0.661. The van der Waals surface area contributed by atoms with Crippen LogP contribution in [0.4, 0.5) is 0 Å². The first kappa shape index (κ1) is 16.1. The molecule has 1 aliphatic heterocycles. The Morgan fingerprint density at radius 3 is 2.69 bits per heavy atom. The summed E-state index contributed by atoms with van der Waals surface area (Å²) in [7, 11) is 2.11. The number of likely N-dealkylation sites (N-methyl/N-ethyl adjacent to an activating group) is 1. The van der Waals surface area contributed by atoms with Gasteiger partial charge < -0.3 is 4.90 Å². The van der Waals surface area contributed by atoms with E-state index in [-0.39, 0.29) is 5.54 Å². The molecule has 2 aliphatic rings. The van der Waals surface area contributed by atoms with Gasteiger partial charge in [-0.3, -0.25) is 9.97 Å². The van der Waals surface area contributed by atoms with Gasteiger partial charge in [-0.05, 0) is 65.5 Å². The molecule has 3 aromatic rings. The lowest BCUT2D eigenvalue weighted by Gasteiger charge is -2.47. The van der Waals surface area contributed by atoms with Crippen molar-refractivity contribution in [2.24, 2.45) is 0 Å². The molecule has 132 valence electrons. The molecule has 6 nitrogen and oxygen atoms in total. The van der Waals surface area contributed by atoms with E-state index in [4.69, 9.17) is 0 Å². The fourth-order valence-corrected chi connectivity index (χ4v) is 4.00. The second-order valence-corrected chi connectivity index (χ2v) is 8.31. The molecule has 1 aliphatic carbocycles. The summed E-state index contributed by atoms with van der Waals surface area (Å²) in [5.41, 5.74) is 3.96. The van der Waals surface area contributed by atoms with Crippen LogP contribution in [0.5, 0.6) is 0 Å². The lowest BCUT2D eigenvalue weighted by molar-refractivity contribution is 0.0524. The lowest BCUT2D eigenvalue weighted by Crippen LogP contribution is -2.62. The Bertz CT molecular complexity index is 941. The highest BCUT2D eigenvalue weighted by Gasteiger charge is 2.47. The monoisotopic (exact) mass is 410 g/mol. The van der Waals surface area contributed by atoms with Gasteiger partial charge in [0.15, 0.2) is 0 Å². The minimum Gasteiger partial charge on any atom is -0.301 e. The van der Waals surface area contributed by atoms with Crippen molar-refractivity contribution in [1.29, 1.82) is 0 Å². The van der Waals surface area contributed by atoms with Gasteiger partial charge in [-0.2, -0.15) is 0 Å². The summed E-state index contributed by atoms with van der Waals surface area (Å²) in [6.07, 6.45) is 10.3. The Balaban J connectivity index is 1.51. The van der Waals surface area contributed by atoms with Crippen molar-refractivity contribution in [1.82, 2.24) is 29.9 Å². The molecule has 0 radical (unpaired) electrons. The zero-order valence-corrected chi connectivity index (χ0v) is 16.1. The van der Waals surface area contributed by atoms with Crippen LogP contribution in [-0.2, 0) is 5.54 Å². The Morgan fingerprint density at radius 2 is 2.00 bits per heavy atom. The van der Waals surface area contributed by atoms with E-state index < -0.39 is 0 Å². The van der Waals surface area contributed by atoms with Crippen LogP contribution >= 0.6 is 15.9 Å². The third kappa shape index (κ3) is 2.66. The van der Waals surface area contributed by atoms with E-state index in [9.17, 15) is 0 Å². The van der Waals surface area contributed by atoms with Crippen LogP contribution in [0.15, 0.2) is 47.5 Å². The highest BCUT2D eigenvalue weighted by molar-refractivity contribution is 9.10. The van der Waals surface area contributed by atoms with Gasteiger partial charge in [0.05, 0.1) is 11.9 Å². The Morgan fingerprint density at radius 1 is 1.15 bits per heavy atom. The molecule has 1 saturated heterocycles. The van der Waals surface area contributed by atoms with Gasteiger partial charge in [-0.1, -0.05) is 5.21 Å². The smallest absolute Gasteiger partial charge is 0.131 e. The van der Waals surface area contributed by atoms with Crippen LogP contribution in [0.2, 0.25) is 0 Å². The molecule has 0 spiro atoms. The SMILES string of the molecule is CN1CC(c2ccc(Br)cn2)(n2cc(-c3cncc(C4CC4)c3)nn2)C1. The number of likely N-dealkylation sites (tertiary alicyclic amines) is 1. The third-order valence-corrected chi connectivity index (χ3v) is 5.77. The maximum absolute atomic E-state index is 4.64. The molecule has 2 fully saturated rings. The molecule has 26 heavy (non-hydrogen) atoms. The van der Waals surface area contributed by atoms with E-state index in [1.807, 2.05) is 35.5 Å². The number of aromatic nitrogens is 5. The largest absolute Gasteiger partial charge is 0.301 e. The van der Waals surface area contributed by atoms with Crippen LogP contribution in [0.3, 0.4) is 0 Å². The second kappa shape index (κ2) is 5.96. The van der Waals surface area contributed by atoms with Gasteiger partial charge in [-0.25, -0.2) is 4.68 Å². The molecule has 0 N–H and O–H groups in total. The minimum atomic E-state index is -0.262. The number of hydrogen-bond donors (Lipinski definition) is 0. The molecule has 0 atom stereocenters. The fourth-order valence-electron chi connectivity index (χ4n) is 3.77. The van der Waals surface area contributed by atoms with E-state index in [0.717, 1.165) is 34.5 Å². The number of nitrogens with zero attached hydrogens (tertiary/aromatic N) is 6. The van der Waals surface area contributed by atoms with E-state index >= 15 is 0 Å². The highest BCUT2D eigenvalue weighted by atomic mass is 79.9. The summed E-state index contributed by atoms with van der Waals surface area (Å²) in [6.45, 7) is 1.73. The van der Waals surface area contributed by atoms with Crippen molar-refractivity contribution in [3.63, 3.8) is 0 Å². The van der Waals surface area contributed by atoms with Crippen molar-refractivity contribution in [2.75, 3.05) is 20.1 Å². The van der Waals surface area contributed by atoms with Gasteiger partial charge >= 0.3 is 0 Å². The molecule has 5 rings (SSSR count). The molecule has 3 aromatic heterocycles. The van der Waals surface area contributed by atoms with Gasteiger partial charge in [-0.15, -0.1) is 5.10 Å². The maximum Gasteiger partial charge on any atom is 0.131 e. The standard InChI is InChI=1S/C19H19BrN6/c1-25-11-19(12-25,18-5-4-16(20)9-22-18)26-10-17(23-24-26)15-6-14(7-21-8-15)13-2-3-13/h4-10,13H,2-3,11-12H2,1H3. The molecular weight excluding hydrogens is 392 g/mol. The summed E-state index contributed by atoms with van der Waals surface area (Å²) in [4.78, 5) is 11.3. The second-order valence-electron chi connectivity index (χ2n) is 7.40. The average molecular weight is 411 g/mol. The third-order valence-electron chi connectivity index (χ3n) is 5.30. The van der Waals surface area contributed by atoms with Crippen molar-refractivity contribution in [3.05, 3.63) is 58.7 Å². The first-order valence-electron chi connectivity index (χ1n) is 8.83. The molecular formula is C19H19BrN6. The predicted molar refractivity (Wildman–Crippen MR) is 102 cm³/mol. The number of pyridine rings is 2. The highest BCUT2D eigenvalue weighted by Crippen LogP contribution is 2.41. The average Bonchev–Trinajstić information content (AvgIpc) is 3.37. The Hall–Kier alpha value is -2.12. The van der Waals surface area contributed by atoms with Gasteiger partial charge in [0.25, 0.3) is 0 Å². The minimum absolute atomic E-state index is 0.262. The van der Waals surface area contributed by atoms with Crippen LogP contribution in [-0.4, -0.2) is 50.0 Å². The van der Waals surface area contributed by atoms with Crippen LogP contribution in [0.25, 0.3) is 11.3 Å². The normalized spacial score (nSPS) is 19.3. The maximum atomic E-state index is 4.64. The lowest BCUT2D eigenvalue weighted by atomic mass is 9.86. The van der Waals surface area contributed by atoms with Crippen molar-refractivity contribution in [3.8, 4) is 11.3 Å². The molecule has 0 amide bonds. The molecule has 7 heteroatoms. The summed E-state index contributed by atoms with van der Waals surface area (Å²) in [6, 6.07) is 6.30. The number of halogens is 1. The summed E-state index contributed by atoms with van der Waals surface area (Å²) in [5.74, 6) is 0.677. The van der Waals surface area contributed by atoms with Crippen molar-refractivity contribution >= 4 is 15.9 Å². The summed E-state index contributed by atoms with van der Waals surface area (Å²) >= 11 is 3.46. The Labute approximate surface area is 160 Å². The number of hydrogen-bond acceptors (Lipinski definition) is 5. The first-order valence-corrected chi connectivity index (χ1v) is 9.62. The molecule has 4 heterocycles. The van der Waals surface area contributed by atoms with E-state index in [1.54, 1.807) is 0 Å². The van der Waals surface area contributed by atoms with E-state index in [1.165, 1.54) is 18.4 Å². The Kier molecular flexibility index (Phi) is 3.68. The van der Waals surface area contributed by atoms with Crippen LogP contribution in [0, 0.1) is 0 Å². The topological polar surface area (TPSA) is 59.7 Å². The first-order chi connectivity index (χ1) is 12.6. The zero-order chi connectivity index (χ0) is 17.7. The van der Waals surface area contributed by atoms with Crippen molar-refractivity contribution < 1.29 is 0 Å². The van der Waals surface area contributed by atoms with E-state index in [2.05, 4.69) is 60.3 Å². The molecule has 0 unspecified atom stereocenters. The zero-order valence-electron chi connectivity index (χ0n) is 14.5. The summed E-state index contributed by atoms with van der Waals surface area (Å²) in [5, 5.41) is 8.91. The van der Waals surface area contributed by atoms with Crippen LogP contribution < -0.4 is 0 Å². The predicted octanol–water partition coefficient (Wildman–Crippen LogP) is 3.06. The molecule has 0 aromatic carbocycles. The molecule has 0 bridgehead atoms.